The van der Waals surface area contributed by atoms with Crippen molar-refractivity contribution in [3.05, 3.63) is 0 Å². The summed E-state index contributed by atoms with van der Waals surface area (Å²) in [6.07, 6.45) is -5.33. The predicted molar refractivity (Wildman–Crippen MR) is 404 cm³/mol. The summed E-state index contributed by atoms with van der Waals surface area (Å²) in [7, 11) is -4.32. The summed E-state index contributed by atoms with van der Waals surface area (Å²) in [5.74, 6) is -3.76. The fourth-order valence-corrected chi connectivity index (χ4v) is 13.2. The van der Waals surface area contributed by atoms with Gasteiger partial charge in [0.1, 0.15) is 54.0 Å². The number of nitrogens with one attached hydrogen (secondary N) is 6. The maximum absolute atomic E-state index is 14.1. The Labute approximate surface area is 663 Å². The van der Waals surface area contributed by atoms with Crippen molar-refractivity contribution in [1.29, 1.82) is 0 Å². The summed E-state index contributed by atoms with van der Waals surface area (Å²) >= 11 is 0. The van der Waals surface area contributed by atoms with E-state index in [0.717, 1.165) is 0 Å². The molecule has 3 saturated heterocycles. The number of carbonyl (C=O) groups is 9. The van der Waals surface area contributed by atoms with E-state index >= 15 is 0 Å². The van der Waals surface area contributed by atoms with Crippen LogP contribution in [0.15, 0.2) is 0 Å². The lowest BCUT2D eigenvalue weighted by Gasteiger charge is -2.40. The maximum Gasteiger partial charge on any atom is 0.472 e. The number of phosphoric acid groups is 1. The van der Waals surface area contributed by atoms with Gasteiger partial charge in [-0.25, -0.2) is 4.57 Å². The molecule has 3 rings (SSSR count). The lowest BCUT2D eigenvalue weighted by atomic mass is 9.83. The number of hydrogen-bond acceptors (Lipinski definition) is 30. The van der Waals surface area contributed by atoms with E-state index in [1.165, 1.54) is 6.92 Å². The molecule has 0 bridgehead atoms. The first-order valence-corrected chi connectivity index (χ1v) is 41.8. The van der Waals surface area contributed by atoms with E-state index in [1.54, 1.807) is 20.8 Å². The van der Waals surface area contributed by atoms with Gasteiger partial charge in [-0.3, -0.25) is 47.4 Å². The van der Waals surface area contributed by atoms with Crippen molar-refractivity contribution in [2.24, 2.45) is 23.2 Å². The summed E-state index contributed by atoms with van der Waals surface area (Å²) in [4.78, 5) is 125. The van der Waals surface area contributed by atoms with Crippen molar-refractivity contribution in [3.63, 3.8) is 0 Å². The Bertz CT molecular complexity index is 2530. The van der Waals surface area contributed by atoms with Crippen LogP contribution in [-0.2, 0) is 99.4 Å². The Morgan fingerprint density at radius 1 is 0.345 bits per heavy atom. The van der Waals surface area contributed by atoms with E-state index in [2.05, 4.69) is 31.9 Å². The van der Waals surface area contributed by atoms with Crippen molar-refractivity contribution >= 4 is 60.6 Å². The van der Waals surface area contributed by atoms with Crippen LogP contribution in [-0.4, -0.2) is 309 Å². The van der Waals surface area contributed by atoms with Gasteiger partial charge < -0.3 is 130 Å². The number of aliphatic hydroxyl groups is 9. The van der Waals surface area contributed by atoms with Crippen molar-refractivity contribution in [2.45, 2.75) is 268 Å². The van der Waals surface area contributed by atoms with Crippen LogP contribution in [0.3, 0.4) is 0 Å². The zero-order chi connectivity index (χ0) is 83.4. The minimum Gasteiger partial charge on any atom is -0.394 e. The molecule has 3 heterocycles. The molecule has 16 N–H and O–H groups in total. The van der Waals surface area contributed by atoms with E-state index in [4.69, 9.17) is 51.7 Å². The van der Waals surface area contributed by atoms with E-state index < -0.39 is 125 Å². The highest BCUT2D eigenvalue weighted by Crippen LogP contribution is 2.43. The van der Waals surface area contributed by atoms with Crippen molar-refractivity contribution < 1.29 is 150 Å². The molecule has 0 spiro atoms. The molecule has 113 heavy (non-hydrogen) atoms. The van der Waals surface area contributed by atoms with Crippen LogP contribution in [0.1, 0.15) is 195 Å². The molecule has 0 aromatic rings. The summed E-state index contributed by atoms with van der Waals surface area (Å²) < 4.78 is 74.7. The molecule has 656 valence electrons. The van der Waals surface area contributed by atoms with Gasteiger partial charge in [0.15, 0.2) is 18.9 Å². The molecular formula is C75H135N6O31P. The third kappa shape index (κ3) is 44.6. The topological polar surface area (TPSA) is 547 Å². The SMILES string of the molecule is CC(=O)CCCCCOP(=O)(O)OCCCCC(=O)CCCC(=O)CC(COCCC(=O)NCCCNC(=O)CCCCO[C@@H]1O[C@H](CO)[C@H](O)[C@H](O)[C@H]1C)(COCCC(=O)NCCCNC(=O)CCCCO[C@@H]1O[C@H](CO)[C@H](O)[C@H](O)[C@H]1C)COCCC(=O)NCCCNC(=O)CCCCO[C@@H]1O[C@H](CO)[C@H](O)[C@H](O)[C@H]1C. The molecule has 0 aromatic carbocycles. The molecular weight excluding hydrogens is 1510 g/mol. The molecule has 16 atom stereocenters. The summed E-state index contributed by atoms with van der Waals surface area (Å²) in [6.45, 7) is 6.00. The number of rotatable bonds is 67. The quantitative estimate of drug-likeness (QED) is 0.0281. The number of carbonyl (C=O) groups excluding carboxylic acids is 9. The van der Waals surface area contributed by atoms with E-state index in [-0.39, 0.29) is 242 Å². The highest BCUT2D eigenvalue weighted by Gasteiger charge is 2.45. The smallest absolute Gasteiger partial charge is 0.394 e. The third-order valence-electron chi connectivity index (χ3n) is 19.5. The Hall–Kier alpha value is -4.78. The van der Waals surface area contributed by atoms with E-state index in [1.807, 2.05) is 0 Å². The number of ketones is 3. The van der Waals surface area contributed by atoms with Gasteiger partial charge in [-0.2, -0.15) is 0 Å². The third-order valence-corrected chi connectivity index (χ3v) is 20.5. The van der Waals surface area contributed by atoms with Crippen LogP contribution >= 0.6 is 7.82 Å². The van der Waals surface area contributed by atoms with Crippen LogP contribution in [0.2, 0.25) is 0 Å². The Kier molecular flexibility index (Phi) is 54.2. The van der Waals surface area contributed by atoms with Crippen LogP contribution in [0, 0.1) is 23.2 Å². The predicted octanol–water partition coefficient (Wildman–Crippen LogP) is -0.00170. The number of phosphoric ester groups is 1. The lowest BCUT2D eigenvalue weighted by molar-refractivity contribution is -0.282. The van der Waals surface area contributed by atoms with Crippen molar-refractivity contribution in [1.82, 2.24) is 31.9 Å². The van der Waals surface area contributed by atoms with Gasteiger partial charge >= 0.3 is 7.82 Å². The molecule has 38 heteroatoms. The van der Waals surface area contributed by atoms with E-state index in [0.29, 0.717) is 89.9 Å². The van der Waals surface area contributed by atoms with Crippen molar-refractivity contribution in [2.75, 3.05) is 132 Å². The second-order valence-electron chi connectivity index (χ2n) is 29.5. The molecule has 1 unspecified atom stereocenters. The molecule has 37 nitrogen and oxygen atoms in total. The minimum absolute atomic E-state index is 0.0220. The van der Waals surface area contributed by atoms with E-state index in [9.17, 15) is 98.6 Å². The molecule has 3 fully saturated rings. The summed E-state index contributed by atoms with van der Waals surface area (Å²) in [6, 6.07) is 0. The lowest BCUT2D eigenvalue weighted by Crippen LogP contribution is -2.55. The zero-order valence-corrected chi connectivity index (χ0v) is 67.6. The van der Waals surface area contributed by atoms with Crippen LogP contribution in [0.4, 0.5) is 0 Å². The fourth-order valence-electron chi connectivity index (χ4n) is 12.4. The molecule has 0 radical (unpaired) electrons. The summed E-state index contributed by atoms with van der Waals surface area (Å²) in [5, 5.41) is 106. The van der Waals surface area contributed by atoms with Gasteiger partial charge in [-0.15, -0.1) is 0 Å². The second-order valence-corrected chi connectivity index (χ2v) is 30.9. The molecule has 3 aliphatic rings. The fraction of sp³-hybridized carbons (Fsp3) is 0.880. The van der Waals surface area contributed by atoms with Crippen molar-refractivity contribution in [3.8, 4) is 0 Å². The molecule has 0 aliphatic carbocycles. The Morgan fingerprint density at radius 3 is 0.956 bits per heavy atom. The molecule has 0 aromatic heterocycles. The zero-order valence-electron chi connectivity index (χ0n) is 66.7. The average Bonchev–Trinajstić information content (AvgIpc) is 0.831. The first-order valence-electron chi connectivity index (χ1n) is 40.3. The summed E-state index contributed by atoms with van der Waals surface area (Å²) in [5.41, 5.74) is -1.27. The van der Waals surface area contributed by atoms with Gasteiger partial charge in [0.05, 0.1) is 91.0 Å². The first kappa shape index (κ1) is 102. The number of hydrogen-bond donors (Lipinski definition) is 16. The number of ether oxygens (including phenoxy) is 9. The molecule has 3 aliphatic heterocycles. The van der Waals surface area contributed by atoms with Gasteiger partial charge in [0.2, 0.25) is 35.4 Å². The number of Topliss-reactive ketones (excluding diaryl/α,β-unsaturated/α-hetero) is 3. The second kappa shape index (κ2) is 59.8. The van der Waals surface area contributed by atoms with Gasteiger partial charge in [-0.05, 0) is 96.8 Å². The number of unbranched alkanes of at least 4 members (excludes halogenated alkanes) is 6. The maximum atomic E-state index is 14.1. The van der Waals surface area contributed by atoms with Gasteiger partial charge in [0, 0.05) is 153 Å². The van der Waals surface area contributed by atoms with Crippen LogP contribution < -0.4 is 31.9 Å². The molecule has 6 amide bonds. The number of aliphatic hydroxyl groups excluding tert-OH is 9. The van der Waals surface area contributed by atoms with Crippen LogP contribution in [0.5, 0.6) is 0 Å². The highest BCUT2D eigenvalue weighted by molar-refractivity contribution is 7.47. The largest absolute Gasteiger partial charge is 0.472 e. The minimum atomic E-state index is -4.32. The van der Waals surface area contributed by atoms with Gasteiger partial charge in [0.25, 0.3) is 0 Å². The normalized spacial score (nSPS) is 24.4. The highest BCUT2D eigenvalue weighted by atomic mass is 31.2. The number of amides is 6. The Morgan fingerprint density at radius 2 is 0.628 bits per heavy atom. The molecule has 0 saturated carbocycles. The van der Waals surface area contributed by atoms with Gasteiger partial charge in [-0.1, -0.05) is 27.2 Å². The van der Waals surface area contributed by atoms with Crippen LogP contribution in [0.25, 0.3) is 0 Å². The first-order chi connectivity index (χ1) is 54.1. The standard InChI is InChI=1S/C75H135N6O31P/c1-51(85)20-6-5-11-39-108-113(100,101)109-40-15-7-21-55(86)22-16-23-56(87)44-75(48-102-41-27-63(91)79-33-17-30-76-60(88)24-8-12-36-105-72-52(2)66(94)69(97)57(45-82)110-72,49-103-42-28-64(92)80-34-18-31-77-61(89)25-9-13-37-106-73-53(3)67(95)70(98)58(46-83)111-73)50-104-43-29-65(93)81-35-19-32-78-62(90)26-10-14-38-107-74-54(4)68(96)71(99)59(47-84)112-74/h52-54,57-59,66-74,82-84,94-99H,5-50H2,1-4H3,(H,76,88)(H,77,89)(H,78,90)(H,79,91)(H,80,92)(H,81,93)(H,100,101)/t52-,53-,54-,57-,58-,59-,66-,67-,68-,69+,70+,71+,72-,73-,74-/m1/s1. The monoisotopic (exact) mass is 1650 g/mol. The average molecular weight is 1650 g/mol. The Balaban J connectivity index is 1.57.